The molecule has 1 atom stereocenters. The van der Waals surface area contributed by atoms with Crippen LogP contribution in [0.25, 0.3) is 11.5 Å². The number of carbonyl (C=O) groups is 1. The van der Waals surface area contributed by atoms with Crippen LogP contribution in [0.2, 0.25) is 0 Å². The molecule has 1 aliphatic carbocycles. The first-order valence-corrected chi connectivity index (χ1v) is 10.4. The number of hydrogen-bond acceptors (Lipinski definition) is 5. The van der Waals surface area contributed by atoms with E-state index in [-0.39, 0.29) is 23.4 Å². The zero-order chi connectivity index (χ0) is 18.4. The Kier molecular flexibility index (Phi) is 6.44. The third-order valence-electron chi connectivity index (χ3n) is 4.68. The van der Waals surface area contributed by atoms with E-state index in [0.717, 1.165) is 37.9 Å². The zero-order valence-electron chi connectivity index (χ0n) is 14.9. The molecule has 0 aliphatic heterocycles. The largest absolute Gasteiger partial charge is 0.347 e. The second-order valence-corrected chi connectivity index (χ2v) is 7.54. The van der Waals surface area contributed by atoms with Crippen molar-refractivity contribution >= 4 is 17.7 Å². The Morgan fingerprint density at radius 3 is 2.88 bits per heavy atom. The van der Waals surface area contributed by atoms with Gasteiger partial charge in [-0.15, -0.1) is 0 Å². The van der Waals surface area contributed by atoms with Gasteiger partial charge in [-0.25, -0.2) is 4.98 Å². The van der Waals surface area contributed by atoms with Gasteiger partial charge in [-0.05, 0) is 43.4 Å². The van der Waals surface area contributed by atoms with Gasteiger partial charge in [0.05, 0.1) is 11.7 Å². The van der Waals surface area contributed by atoms with E-state index in [9.17, 15) is 9.59 Å². The lowest BCUT2D eigenvalue weighted by molar-refractivity contribution is -0.125. The molecule has 3 rings (SSSR count). The van der Waals surface area contributed by atoms with Crippen LogP contribution in [-0.2, 0) is 4.79 Å². The topological polar surface area (TPSA) is 87.7 Å². The summed E-state index contributed by atoms with van der Waals surface area (Å²) in [6.07, 6.45) is 8.54. The summed E-state index contributed by atoms with van der Waals surface area (Å²) in [4.78, 5) is 36.3. The first-order chi connectivity index (χ1) is 12.7. The van der Waals surface area contributed by atoms with Gasteiger partial charge in [-0.3, -0.25) is 14.6 Å². The normalized spacial score (nSPS) is 15.7. The van der Waals surface area contributed by atoms with Gasteiger partial charge in [0, 0.05) is 18.2 Å². The fourth-order valence-corrected chi connectivity index (χ4v) is 3.76. The molecule has 2 aromatic rings. The number of aromatic amines is 1. The highest BCUT2D eigenvalue weighted by molar-refractivity contribution is 7.98. The molecular formula is C19H24N4O2S. The van der Waals surface area contributed by atoms with Crippen LogP contribution in [0.5, 0.6) is 0 Å². The monoisotopic (exact) mass is 372 g/mol. The predicted molar refractivity (Wildman–Crippen MR) is 104 cm³/mol. The highest BCUT2D eigenvalue weighted by Gasteiger charge is 2.26. The molecule has 1 unspecified atom stereocenters. The van der Waals surface area contributed by atoms with E-state index in [1.165, 1.54) is 6.07 Å². The molecule has 0 bridgehead atoms. The van der Waals surface area contributed by atoms with E-state index in [0.29, 0.717) is 17.2 Å². The van der Waals surface area contributed by atoms with Crippen LogP contribution in [0.4, 0.5) is 0 Å². The average molecular weight is 372 g/mol. The van der Waals surface area contributed by atoms with Gasteiger partial charge >= 0.3 is 0 Å². The maximum Gasteiger partial charge on any atom is 0.251 e. The van der Waals surface area contributed by atoms with E-state index in [1.807, 2.05) is 18.4 Å². The molecular weight excluding hydrogens is 348 g/mol. The van der Waals surface area contributed by atoms with Gasteiger partial charge in [-0.2, -0.15) is 11.8 Å². The van der Waals surface area contributed by atoms with Crippen molar-refractivity contribution in [2.75, 3.05) is 12.0 Å². The number of pyridine rings is 1. The fraction of sp³-hybridized carbons (Fsp3) is 0.474. The highest BCUT2D eigenvalue weighted by Crippen LogP contribution is 2.26. The summed E-state index contributed by atoms with van der Waals surface area (Å²) in [5.41, 5.74) is 0.965. The smallest absolute Gasteiger partial charge is 0.251 e. The number of thioether (sulfide) groups is 1. The molecule has 1 aliphatic rings. The first-order valence-electron chi connectivity index (χ1n) is 8.99. The second-order valence-electron chi connectivity index (χ2n) is 6.56. The van der Waals surface area contributed by atoms with Crippen LogP contribution in [0.3, 0.4) is 0 Å². The molecule has 1 saturated carbocycles. The molecule has 1 fully saturated rings. The number of nitrogens with one attached hydrogen (secondary N) is 2. The Balaban J connectivity index is 1.86. The van der Waals surface area contributed by atoms with Crippen LogP contribution < -0.4 is 10.9 Å². The van der Waals surface area contributed by atoms with E-state index in [4.69, 9.17) is 0 Å². The second kappa shape index (κ2) is 8.98. The van der Waals surface area contributed by atoms with Crippen molar-refractivity contribution in [1.29, 1.82) is 0 Å². The minimum Gasteiger partial charge on any atom is -0.347 e. The molecule has 138 valence electrons. The molecule has 6 nitrogen and oxygen atoms in total. The van der Waals surface area contributed by atoms with Crippen molar-refractivity contribution in [3.63, 3.8) is 0 Å². The third-order valence-corrected chi connectivity index (χ3v) is 5.32. The molecule has 0 radical (unpaired) electrons. The highest BCUT2D eigenvalue weighted by atomic mass is 32.2. The summed E-state index contributed by atoms with van der Waals surface area (Å²) in [5.74, 6) is 1.47. The van der Waals surface area contributed by atoms with Crippen LogP contribution in [-0.4, -0.2) is 32.9 Å². The van der Waals surface area contributed by atoms with Crippen molar-refractivity contribution in [2.45, 2.75) is 38.1 Å². The summed E-state index contributed by atoms with van der Waals surface area (Å²) in [5, 5.41) is 3.13. The molecule has 1 amide bonds. The molecule has 7 heteroatoms. The van der Waals surface area contributed by atoms with Gasteiger partial charge in [0.25, 0.3) is 5.56 Å². The Labute approximate surface area is 157 Å². The molecule has 2 N–H and O–H groups in total. The van der Waals surface area contributed by atoms with Crippen molar-refractivity contribution in [1.82, 2.24) is 20.3 Å². The lowest BCUT2D eigenvalue weighted by atomic mass is 10.1. The number of aromatic nitrogens is 3. The molecule has 0 spiro atoms. The molecule has 0 saturated heterocycles. The van der Waals surface area contributed by atoms with Crippen LogP contribution >= 0.6 is 11.8 Å². The minimum atomic E-state index is -0.264. The molecule has 0 aromatic carbocycles. The lowest BCUT2D eigenvalue weighted by Crippen LogP contribution is -2.34. The number of hydrogen-bond donors (Lipinski definition) is 2. The maximum atomic E-state index is 12.6. The van der Waals surface area contributed by atoms with Crippen molar-refractivity contribution in [3.8, 4) is 11.5 Å². The summed E-state index contributed by atoms with van der Waals surface area (Å²) in [6, 6.07) is 6.68. The number of amides is 1. The number of rotatable bonds is 7. The van der Waals surface area contributed by atoms with Crippen LogP contribution in [0.15, 0.2) is 35.3 Å². The predicted octanol–water partition coefficient (Wildman–Crippen LogP) is 2.93. The Hall–Kier alpha value is -2.15. The van der Waals surface area contributed by atoms with Crippen LogP contribution in [0, 0.1) is 5.92 Å². The van der Waals surface area contributed by atoms with Gasteiger partial charge in [0.1, 0.15) is 5.69 Å². The standard InChI is InChI=1S/C19H24N4O2S/c1-26-11-9-14(22-19(25)13-6-2-3-7-13)16-12-17(24)23-18(21-16)15-8-4-5-10-20-15/h4-5,8,10,12-14H,2-3,6-7,9,11H2,1H3,(H,22,25)(H,21,23,24). The number of nitrogens with zero attached hydrogens (tertiary/aromatic N) is 2. The Morgan fingerprint density at radius 2 is 2.19 bits per heavy atom. The van der Waals surface area contributed by atoms with E-state index < -0.39 is 0 Å². The Morgan fingerprint density at radius 1 is 1.38 bits per heavy atom. The number of carbonyl (C=O) groups excluding carboxylic acids is 1. The summed E-state index contributed by atoms with van der Waals surface area (Å²) < 4.78 is 0. The summed E-state index contributed by atoms with van der Waals surface area (Å²) in [7, 11) is 0. The average Bonchev–Trinajstić information content (AvgIpc) is 3.20. The van der Waals surface area contributed by atoms with Gasteiger partial charge in [0.2, 0.25) is 5.91 Å². The molecule has 2 aromatic heterocycles. The van der Waals surface area contributed by atoms with Gasteiger partial charge in [0.15, 0.2) is 5.82 Å². The van der Waals surface area contributed by atoms with Crippen molar-refractivity contribution in [3.05, 3.63) is 46.5 Å². The maximum absolute atomic E-state index is 12.6. The Bertz CT molecular complexity index is 788. The number of H-pyrrole nitrogens is 1. The van der Waals surface area contributed by atoms with Gasteiger partial charge < -0.3 is 10.3 Å². The van der Waals surface area contributed by atoms with E-state index in [1.54, 1.807) is 24.0 Å². The SMILES string of the molecule is CSCCC(NC(=O)C1CCCC1)c1cc(=O)[nH]c(-c2ccccn2)n1. The molecule has 2 heterocycles. The molecule has 26 heavy (non-hydrogen) atoms. The quantitative estimate of drug-likeness (QED) is 0.780. The summed E-state index contributed by atoms with van der Waals surface area (Å²) in [6.45, 7) is 0. The lowest BCUT2D eigenvalue weighted by Gasteiger charge is -2.20. The van der Waals surface area contributed by atoms with E-state index >= 15 is 0 Å². The minimum absolute atomic E-state index is 0.0788. The van der Waals surface area contributed by atoms with Gasteiger partial charge in [-0.1, -0.05) is 18.9 Å². The third kappa shape index (κ3) is 4.72. The van der Waals surface area contributed by atoms with Crippen molar-refractivity contribution in [2.24, 2.45) is 5.92 Å². The summed E-state index contributed by atoms with van der Waals surface area (Å²) >= 11 is 1.71. The zero-order valence-corrected chi connectivity index (χ0v) is 15.7. The van der Waals surface area contributed by atoms with E-state index in [2.05, 4.69) is 20.3 Å². The van der Waals surface area contributed by atoms with Crippen molar-refractivity contribution < 1.29 is 4.79 Å². The fourth-order valence-electron chi connectivity index (χ4n) is 3.29. The van der Waals surface area contributed by atoms with Crippen LogP contribution in [0.1, 0.15) is 43.8 Å². The first kappa shape index (κ1) is 18.6.